The summed E-state index contributed by atoms with van der Waals surface area (Å²) in [4.78, 5) is 27.9. The Labute approximate surface area is 199 Å². The molecule has 3 aromatic rings. The van der Waals surface area contributed by atoms with Crippen LogP contribution in [-0.4, -0.2) is 30.0 Å². The van der Waals surface area contributed by atoms with E-state index in [9.17, 15) is 14.7 Å². The van der Waals surface area contributed by atoms with Gasteiger partial charge in [-0.2, -0.15) is 0 Å². The lowest BCUT2D eigenvalue weighted by Crippen LogP contribution is -2.29. The van der Waals surface area contributed by atoms with E-state index in [4.69, 9.17) is 9.47 Å². The number of amides is 1. The standard InChI is InChI=1S/C28H27NO5/c1-4-33-22-14-12-21(13-15-22)29-25(19-9-7-6-8-10-19)24(27(31)28(29)32)26(30)20-11-16-23(34-5-2)18(3)17-20/h6-17,25,30H,4-5H2,1-3H3/b26-24-. The van der Waals surface area contributed by atoms with Gasteiger partial charge in [-0.3, -0.25) is 14.5 Å². The summed E-state index contributed by atoms with van der Waals surface area (Å²) in [6.07, 6.45) is 0. The molecular weight excluding hydrogens is 430 g/mol. The Morgan fingerprint density at radius 1 is 0.912 bits per heavy atom. The number of hydrogen-bond donors (Lipinski definition) is 1. The molecule has 1 aliphatic heterocycles. The summed E-state index contributed by atoms with van der Waals surface area (Å²) < 4.78 is 11.1. The molecule has 0 saturated carbocycles. The van der Waals surface area contributed by atoms with Crippen molar-refractivity contribution in [3.05, 3.63) is 95.1 Å². The van der Waals surface area contributed by atoms with Crippen molar-refractivity contribution in [1.82, 2.24) is 0 Å². The van der Waals surface area contributed by atoms with E-state index >= 15 is 0 Å². The Morgan fingerprint density at radius 3 is 2.21 bits per heavy atom. The van der Waals surface area contributed by atoms with Crippen molar-refractivity contribution in [2.24, 2.45) is 0 Å². The highest BCUT2D eigenvalue weighted by Gasteiger charge is 2.46. The zero-order chi connectivity index (χ0) is 24.2. The van der Waals surface area contributed by atoms with Crippen LogP contribution in [0.2, 0.25) is 0 Å². The van der Waals surface area contributed by atoms with Gasteiger partial charge in [-0.05, 0) is 74.4 Å². The molecule has 1 amide bonds. The van der Waals surface area contributed by atoms with Gasteiger partial charge >= 0.3 is 0 Å². The summed E-state index contributed by atoms with van der Waals surface area (Å²) in [5, 5.41) is 11.3. The van der Waals surface area contributed by atoms with E-state index in [1.54, 1.807) is 42.5 Å². The smallest absolute Gasteiger partial charge is 0.300 e. The first-order valence-electron chi connectivity index (χ1n) is 11.3. The fraction of sp³-hybridized carbons (Fsp3) is 0.214. The number of carbonyl (C=O) groups is 2. The fourth-order valence-electron chi connectivity index (χ4n) is 4.19. The summed E-state index contributed by atoms with van der Waals surface area (Å²) in [6.45, 7) is 6.71. The number of ketones is 1. The Hall–Kier alpha value is -4.06. The number of nitrogens with zero attached hydrogens (tertiary/aromatic N) is 1. The summed E-state index contributed by atoms with van der Waals surface area (Å²) in [5.41, 5.74) is 2.59. The van der Waals surface area contributed by atoms with Gasteiger partial charge < -0.3 is 14.6 Å². The van der Waals surface area contributed by atoms with Crippen LogP contribution in [0, 0.1) is 6.92 Å². The normalized spacial score (nSPS) is 17.1. The number of aliphatic hydroxyl groups is 1. The highest BCUT2D eigenvalue weighted by atomic mass is 16.5. The number of rotatable bonds is 7. The number of aryl methyl sites for hydroxylation is 1. The molecule has 1 heterocycles. The predicted octanol–water partition coefficient (Wildman–Crippen LogP) is 5.42. The van der Waals surface area contributed by atoms with Crippen LogP contribution in [0.25, 0.3) is 5.76 Å². The van der Waals surface area contributed by atoms with E-state index in [-0.39, 0.29) is 11.3 Å². The number of Topliss-reactive ketones (excluding diaryl/α,β-unsaturated/α-hetero) is 1. The molecule has 0 spiro atoms. The molecule has 1 fully saturated rings. The Bertz CT molecular complexity index is 1230. The van der Waals surface area contributed by atoms with Gasteiger partial charge in [0, 0.05) is 11.3 Å². The lowest BCUT2D eigenvalue weighted by molar-refractivity contribution is -0.132. The number of benzene rings is 3. The van der Waals surface area contributed by atoms with Crippen LogP contribution in [0.4, 0.5) is 5.69 Å². The van der Waals surface area contributed by atoms with E-state index in [1.165, 1.54) is 4.90 Å². The van der Waals surface area contributed by atoms with E-state index in [0.29, 0.717) is 36.0 Å². The summed E-state index contributed by atoms with van der Waals surface area (Å²) in [6, 6.07) is 20.7. The average molecular weight is 458 g/mol. The molecule has 1 saturated heterocycles. The van der Waals surface area contributed by atoms with E-state index in [1.807, 2.05) is 51.1 Å². The Morgan fingerprint density at radius 2 is 1.59 bits per heavy atom. The topological polar surface area (TPSA) is 76.1 Å². The second-order valence-electron chi connectivity index (χ2n) is 7.92. The molecule has 1 N–H and O–H groups in total. The molecule has 1 unspecified atom stereocenters. The number of aliphatic hydroxyl groups excluding tert-OH is 1. The minimum absolute atomic E-state index is 0.0497. The van der Waals surface area contributed by atoms with Gasteiger partial charge in [-0.25, -0.2) is 0 Å². The largest absolute Gasteiger partial charge is 0.507 e. The molecule has 0 aliphatic carbocycles. The van der Waals surface area contributed by atoms with Gasteiger partial charge in [0.05, 0.1) is 24.8 Å². The van der Waals surface area contributed by atoms with E-state index in [0.717, 1.165) is 11.1 Å². The van der Waals surface area contributed by atoms with Gasteiger partial charge in [0.25, 0.3) is 11.7 Å². The van der Waals surface area contributed by atoms with Crippen LogP contribution in [0.5, 0.6) is 11.5 Å². The quantitative estimate of drug-likeness (QED) is 0.291. The molecule has 1 atom stereocenters. The first-order chi connectivity index (χ1) is 16.5. The predicted molar refractivity (Wildman–Crippen MR) is 131 cm³/mol. The third kappa shape index (κ3) is 4.27. The van der Waals surface area contributed by atoms with Crippen LogP contribution < -0.4 is 14.4 Å². The molecule has 0 aromatic heterocycles. The molecule has 1 aliphatic rings. The monoisotopic (exact) mass is 457 g/mol. The number of hydrogen-bond acceptors (Lipinski definition) is 5. The highest BCUT2D eigenvalue weighted by molar-refractivity contribution is 6.51. The minimum atomic E-state index is -0.772. The summed E-state index contributed by atoms with van der Waals surface area (Å²) in [7, 11) is 0. The van der Waals surface area contributed by atoms with Gasteiger partial charge in [0.2, 0.25) is 0 Å². The van der Waals surface area contributed by atoms with Crippen molar-refractivity contribution < 1.29 is 24.2 Å². The Kier molecular flexibility index (Phi) is 6.68. The van der Waals surface area contributed by atoms with Crippen molar-refractivity contribution in [3.63, 3.8) is 0 Å². The molecule has 6 heteroatoms. The average Bonchev–Trinajstić information content (AvgIpc) is 3.12. The zero-order valence-electron chi connectivity index (χ0n) is 19.4. The summed E-state index contributed by atoms with van der Waals surface area (Å²) in [5.74, 6) is -0.266. The van der Waals surface area contributed by atoms with Crippen LogP contribution in [0.1, 0.15) is 36.6 Å². The zero-order valence-corrected chi connectivity index (χ0v) is 19.4. The fourth-order valence-corrected chi connectivity index (χ4v) is 4.19. The maximum absolute atomic E-state index is 13.3. The number of anilines is 1. The maximum Gasteiger partial charge on any atom is 0.300 e. The lowest BCUT2D eigenvalue weighted by atomic mass is 9.94. The van der Waals surface area contributed by atoms with Crippen molar-refractivity contribution >= 4 is 23.1 Å². The van der Waals surface area contributed by atoms with E-state index in [2.05, 4.69) is 0 Å². The molecule has 174 valence electrons. The number of carbonyl (C=O) groups excluding carboxylic acids is 2. The van der Waals surface area contributed by atoms with Crippen molar-refractivity contribution in [2.45, 2.75) is 26.8 Å². The van der Waals surface area contributed by atoms with Crippen molar-refractivity contribution in [1.29, 1.82) is 0 Å². The van der Waals surface area contributed by atoms with Crippen molar-refractivity contribution in [2.75, 3.05) is 18.1 Å². The van der Waals surface area contributed by atoms with Crippen LogP contribution >= 0.6 is 0 Å². The molecule has 0 radical (unpaired) electrons. The van der Waals surface area contributed by atoms with Crippen LogP contribution in [0.15, 0.2) is 78.4 Å². The van der Waals surface area contributed by atoms with E-state index < -0.39 is 17.7 Å². The van der Waals surface area contributed by atoms with Crippen LogP contribution in [0.3, 0.4) is 0 Å². The minimum Gasteiger partial charge on any atom is -0.507 e. The maximum atomic E-state index is 13.3. The molecule has 6 nitrogen and oxygen atoms in total. The van der Waals surface area contributed by atoms with Gasteiger partial charge in [-0.15, -0.1) is 0 Å². The molecular formula is C28H27NO5. The Balaban J connectivity index is 1.85. The first-order valence-corrected chi connectivity index (χ1v) is 11.3. The number of ether oxygens (including phenoxy) is 2. The lowest BCUT2D eigenvalue weighted by Gasteiger charge is -2.25. The third-order valence-corrected chi connectivity index (χ3v) is 5.73. The molecule has 34 heavy (non-hydrogen) atoms. The summed E-state index contributed by atoms with van der Waals surface area (Å²) >= 11 is 0. The SMILES string of the molecule is CCOc1ccc(N2C(=O)C(=O)/C(=C(\O)c3ccc(OCC)c(C)c3)C2c2ccccc2)cc1. The molecule has 4 rings (SSSR count). The van der Waals surface area contributed by atoms with Gasteiger partial charge in [0.15, 0.2) is 0 Å². The van der Waals surface area contributed by atoms with Crippen molar-refractivity contribution in [3.8, 4) is 11.5 Å². The highest BCUT2D eigenvalue weighted by Crippen LogP contribution is 2.42. The van der Waals surface area contributed by atoms with Gasteiger partial charge in [-0.1, -0.05) is 30.3 Å². The van der Waals surface area contributed by atoms with Gasteiger partial charge in [0.1, 0.15) is 17.3 Å². The van der Waals surface area contributed by atoms with Crippen LogP contribution in [-0.2, 0) is 9.59 Å². The first kappa shape index (κ1) is 23.1. The molecule has 0 bridgehead atoms. The third-order valence-electron chi connectivity index (χ3n) is 5.73. The second-order valence-corrected chi connectivity index (χ2v) is 7.92. The molecule has 3 aromatic carbocycles. The second kappa shape index (κ2) is 9.83.